The van der Waals surface area contributed by atoms with Crippen molar-refractivity contribution in [3.05, 3.63) is 11.6 Å². The molecule has 0 saturated heterocycles. The van der Waals surface area contributed by atoms with Crippen molar-refractivity contribution < 1.29 is 19.5 Å². The third kappa shape index (κ3) is 1.84. The largest absolute Gasteiger partial charge is 0.385 e. The number of rotatable bonds is 1. The Morgan fingerprint density at radius 3 is 2.70 bits per heavy atom. The molecule has 0 bridgehead atoms. The Balaban J connectivity index is 1.75. The zero-order valence-corrected chi connectivity index (χ0v) is 13.6. The minimum Gasteiger partial charge on any atom is -0.385 e. The summed E-state index contributed by atoms with van der Waals surface area (Å²) in [4.78, 5) is 36.4. The van der Waals surface area contributed by atoms with Crippen LogP contribution in [-0.4, -0.2) is 29.1 Å². The summed E-state index contributed by atoms with van der Waals surface area (Å²) in [7, 11) is 0. The maximum Gasteiger partial charge on any atom is 0.184 e. The third-order valence-electron chi connectivity index (χ3n) is 7.54. The van der Waals surface area contributed by atoms with Crippen LogP contribution in [0.2, 0.25) is 0 Å². The Bertz CT molecular complexity index is 621. The highest BCUT2D eigenvalue weighted by atomic mass is 16.3. The normalized spacial score (nSPS) is 49.0. The smallest absolute Gasteiger partial charge is 0.184 e. The molecule has 0 amide bonds. The van der Waals surface area contributed by atoms with Crippen molar-refractivity contribution in [3.8, 4) is 0 Å². The zero-order valence-electron chi connectivity index (χ0n) is 13.6. The van der Waals surface area contributed by atoms with Crippen molar-refractivity contribution in [2.75, 3.05) is 0 Å². The van der Waals surface area contributed by atoms with E-state index in [4.69, 9.17) is 0 Å². The van der Waals surface area contributed by atoms with E-state index >= 15 is 0 Å². The number of carbonyl (C=O) groups is 3. The fourth-order valence-electron chi connectivity index (χ4n) is 6.28. The first-order valence-corrected chi connectivity index (χ1v) is 8.85. The number of aldehydes is 1. The van der Waals surface area contributed by atoms with E-state index in [1.807, 2.05) is 0 Å². The average molecular weight is 316 g/mol. The summed E-state index contributed by atoms with van der Waals surface area (Å²) in [6.07, 6.45) is 6.72. The number of Topliss-reactive ketones (excluding diaryl/α,β-unsaturated/α-hetero) is 1. The van der Waals surface area contributed by atoms with Gasteiger partial charge >= 0.3 is 0 Å². The van der Waals surface area contributed by atoms with Crippen molar-refractivity contribution in [1.29, 1.82) is 0 Å². The maximum absolute atomic E-state index is 12.4. The van der Waals surface area contributed by atoms with Gasteiger partial charge in [0.1, 0.15) is 18.2 Å². The minimum absolute atomic E-state index is 0.173. The van der Waals surface area contributed by atoms with Crippen molar-refractivity contribution in [2.24, 2.45) is 28.6 Å². The molecule has 4 nitrogen and oxygen atoms in total. The van der Waals surface area contributed by atoms with Crippen molar-refractivity contribution in [2.45, 2.75) is 58.0 Å². The molecule has 4 heteroatoms. The highest BCUT2D eigenvalue weighted by molar-refractivity contribution is 5.97. The lowest BCUT2D eigenvalue weighted by molar-refractivity contribution is -0.139. The Morgan fingerprint density at radius 1 is 1.17 bits per heavy atom. The molecule has 0 aromatic rings. The summed E-state index contributed by atoms with van der Waals surface area (Å²) in [6.45, 7) is 2.11. The lowest BCUT2D eigenvalue weighted by Crippen LogP contribution is -2.54. The van der Waals surface area contributed by atoms with E-state index in [0.717, 1.165) is 44.0 Å². The van der Waals surface area contributed by atoms with Crippen LogP contribution in [0.25, 0.3) is 0 Å². The van der Waals surface area contributed by atoms with Crippen LogP contribution in [0, 0.1) is 28.6 Å². The molecule has 0 heterocycles. The van der Waals surface area contributed by atoms with Gasteiger partial charge in [0.05, 0.1) is 5.41 Å². The molecule has 4 aliphatic rings. The van der Waals surface area contributed by atoms with Gasteiger partial charge in [-0.3, -0.25) is 9.59 Å². The van der Waals surface area contributed by atoms with Gasteiger partial charge in [-0.15, -0.1) is 0 Å². The first kappa shape index (κ1) is 15.3. The second-order valence-corrected chi connectivity index (χ2v) is 8.28. The number of fused-ring (bicyclic) bond motifs is 5. The first-order chi connectivity index (χ1) is 10.9. The lowest BCUT2D eigenvalue weighted by Gasteiger charge is -2.56. The van der Waals surface area contributed by atoms with Crippen LogP contribution < -0.4 is 0 Å². The lowest BCUT2D eigenvalue weighted by atomic mass is 9.47. The summed E-state index contributed by atoms with van der Waals surface area (Å²) in [5, 5.41) is 10.1. The van der Waals surface area contributed by atoms with E-state index in [1.54, 1.807) is 0 Å². The fourth-order valence-corrected chi connectivity index (χ4v) is 6.28. The van der Waals surface area contributed by atoms with E-state index in [-0.39, 0.29) is 23.5 Å². The van der Waals surface area contributed by atoms with Crippen LogP contribution in [-0.2, 0) is 14.4 Å². The van der Waals surface area contributed by atoms with E-state index in [1.165, 1.54) is 6.08 Å². The molecule has 0 aromatic heterocycles. The number of allylic oxidation sites excluding steroid dienone is 1. The van der Waals surface area contributed by atoms with Crippen LogP contribution in [0.3, 0.4) is 0 Å². The zero-order chi connectivity index (χ0) is 16.4. The summed E-state index contributed by atoms with van der Waals surface area (Å²) in [6, 6.07) is 0. The number of aliphatic hydroxyl groups is 1. The van der Waals surface area contributed by atoms with Gasteiger partial charge in [0.15, 0.2) is 5.78 Å². The van der Waals surface area contributed by atoms with E-state index in [2.05, 4.69) is 6.92 Å². The van der Waals surface area contributed by atoms with Gasteiger partial charge in [-0.2, -0.15) is 0 Å². The van der Waals surface area contributed by atoms with Gasteiger partial charge in [-0.25, -0.2) is 0 Å². The number of aliphatic hydroxyl groups excluding tert-OH is 1. The molecule has 3 fully saturated rings. The molecule has 1 N–H and O–H groups in total. The molecule has 3 saturated carbocycles. The highest BCUT2D eigenvalue weighted by Crippen LogP contribution is 2.63. The summed E-state index contributed by atoms with van der Waals surface area (Å²) in [5.41, 5.74) is 0.0376. The summed E-state index contributed by atoms with van der Waals surface area (Å²) in [5.74, 6) is 1.03. The highest BCUT2D eigenvalue weighted by Gasteiger charge is 2.61. The Hall–Kier alpha value is -1.29. The predicted molar refractivity (Wildman–Crippen MR) is 83.5 cm³/mol. The SMILES string of the molecule is C[C@]12CC[C@@H]3[C@@H](CCC4=CC(=O)C(O)C[C@@]43C=O)[C@@H]1CCC2=O. The van der Waals surface area contributed by atoms with Crippen LogP contribution >= 0.6 is 0 Å². The van der Waals surface area contributed by atoms with Gasteiger partial charge in [-0.1, -0.05) is 12.5 Å². The summed E-state index contributed by atoms with van der Waals surface area (Å²) >= 11 is 0. The van der Waals surface area contributed by atoms with Crippen LogP contribution in [0.15, 0.2) is 11.6 Å². The van der Waals surface area contributed by atoms with Crippen LogP contribution in [0.1, 0.15) is 51.9 Å². The second kappa shape index (κ2) is 4.85. The Labute approximate surface area is 136 Å². The van der Waals surface area contributed by atoms with Crippen LogP contribution in [0.5, 0.6) is 0 Å². The van der Waals surface area contributed by atoms with Gasteiger partial charge in [0.2, 0.25) is 0 Å². The monoisotopic (exact) mass is 316 g/mol. The Morgan fingerprint density at radius 2 is 1.96 bits per heavy atom. The third-order valence-corrected chi connectivity index (χ3v) is 7.54. The molecule has 0 radical (unpaired) electrons. The summed E-state index contributed by atoms with van der Waals surface area (Å²) < 4.78 is 0. The van der Waals surface area contributed by atoms with Crippen LogP contribution in [0.4, 0.5) is 0 Å². The topological polar surface area (TPSA) is 71.4 Å². The minimum atomic E-state index is -1.05. The van der Waals surface area contributed by atoms with E-state index in [0.29, 0.717) is 24.0 Å². The maximum atomic E-state index is 12.4. The average Bonchev–Trinajstić information content (AvgIpc) is 2.84. The van der Waals surface area contributed by atoms with Gasteiger partial charge < -0.3 is 9.90 Å². The number of carbonyl (C=O) groups excluding carboxylic acids is 3. The first-order valence-electron chi connectivity index (χ1n) is 8.85. The number of hydrogen-bond acceptors (Lipinski definition) is 4. The van der Waals surface area contributed by atoms with Crippen molar-refractivity contribution in [3.63, 3.8) is 0 Å². The van der Waals surface area contributed by atoms with E-state index < -0.39 is 11.5 Å². The number of hydrogen-bond donors (Lipinski definition) is 1. The van der Waals surface area contributed by atoms with Crippen molar-refractivity contribution in [1.82, 2.24) is 0 Å². The molecule has 0 aliphatic heterocycles. The van der Waals surface area contributed by atoms with E-state index in [9.17, 15) is 19.5 Å². The molecule has 4 aliphatic carbocycles. The van der Waals surface area contributed by atoms with Crippen molar-refractivity contribution >= 4 is 17.9 Å². The molecular formula is C19H24O4. The Kier molecular flexibility index (Phi) is 3.22. The molecule has 0 spiro atoms. The van der Waals surface area contributed by atoms with Gasteiger partial charge in [0, 0.05) is 11.8 Å². The predicted octanol–water partition coefficient (Wildman–Crippen LogP) is 2.24. The molecule has 0 aromatic carbocycles. The second-order valence-electron chi connectivity index (χ2n) is 8.28. The standard InChI is InChI=1S/C19H24O4/c1-18-7-6-14-12(13(18)4-5-17(18)23)3-2-11-8-15(21)16(22)9-19(11,14)10-20/h8,10,12-14,16,22H,2-7,9H2,1H3/t12-,13-,14+,16?,18-,19+/m0/s1. The molecule has 4 rings (SSSR count). The van der Waals surface area contributed by atoms with Gasteiger partial charge in [0.25, 0.3) is 0 Å². The van der Waals surface area contributed by atoms with Gasteiger partial charge in [-0.05, 0) is 62.4 Å². The molecule has 6 atom stereocenters. The molecule has 124 valence electrons. The number of ketones is 2. The molecule has 1 unspecified atom stereocenters. The molecular weight excluding hydrogens is 292 g/mol. The fraction of sp³-hybridized carbons (Fsp3) is 0.737. The quantitative estimate of drug-likeness (QED) is 0.753. The molecule has 23 heavy (non-hydrogen) atoms.